The fourth-order valence-electron chi connectivity index (χ4n) is 2.98. The molecule has 2 aromatic carbocycles. The number of benzene rings is 2. The number of hydrogen-bond donors (Lipinski definition) is 2. The fourth-order valence-corrected chi connectivity index (χ4v) is 4.07. The highest BCUT2D eigenvalue weighted by atomic mass is 32.2. The zero-order chi connectivity index (χ0) is 20.9. The molecule has 156 valence electrons. The molecule has 1 aliphatic heterocycles. The van der Waals surface area contributed by atoms with Crippen molar-refractivity contribution in [2.24, 2.45) is 0 Å². The molecule has 7 nitrogen and oxygen atoms in total. The van der Waals surface area contributed by atoms with Crippen molar-refractivity contribution in [1.82, 2.24) is 4.72 Å². The Bertz CT molecular complexity index is 975. The van der Waals surface area contributed by atoms with Crippen molar-refractivity contribution in [3.63, 3.8) is 0 Å². The Balaban J connectivity index is 1.78. The van der Waals surface area contributed by atoms with Crippen LogP contribution in [0.25, 0.3) is 0 Å². The number of anilines is 1. The molecule has 0 bridgehead atoms. The van der Waals surface area contributed by atoms with E-state index in [9.17, 15) is 17.6 Å². The largest absolute Gasteiger partial charge is 0.492 e. The number of carbonyl (C=O) groups is 1. The second-order valence-corrected chi connectivity index (χ2v) is 8.28. The standard InChI is InChI=1S/C20H23FN2O5S/c1-2-27-19-8-4-3-7-18(19)23-20(24)16-12-15(9-10-17(16)21)29(25,26)22-13-14-6-5-11-28-14/h3-4,7-10,12,14,22H,2,5-6,11,13H2,1H3,(H,23,24). The predicted molar refractivity (Wildman–Crippen MR) is 106 cm³/mol. The molecule has 1 unspecified atom stereocenters. The van der Waals surface area contributed by atoms with Crippen LogP contribution < -0.4 is 14.8 Å². The zero-order valence-corrected chi connectivity index (χ0v) is 16.8. The molecule has 3 rings (SSSR count). The minimum atomic E-state index is -3.91. The highest BCUT2D eigenvalue weighted by Gasteiger charge is 2.23. The first-order valence-corrected chi connectivity index (χ1v) is 10.8. The Kier molecular flexibility index (Phi) is 6.83. The van der Waals surface area contributed by atoms with Gasteiger partial charge in [0, 0.05) is 13.2 Å². The Morgan fingerprint density at radius 3 is 2.79 bits per heavy atom. The van der Waals surface area contributed by atoms with Crippen LogP contribution in [0.15, 0.2) is 47.4 Å². The third-order valence-electron chi connectivity index (χ3n) is 4.45. The van der Waals surface area contributed by atoms with E-state index in [4.69, 9.17) is 9.47 Å². The number of nitrogens with one attached hydrogen (secondary N) is 2. The minimum Gasteiger partial charge on any atom is -0.492 e. The van der Waals surface area contributed by atoms with Gasteiger partial charge >= 0.3 is 0 Å². The van der Waals surface area contributed by atoms with Gasteiger partial charge in [-0.1, -0.05) is 12.1 Å². The molecule has 0 spiro atoms. The van der Waals surface area contributed by atoms with Gasteiger partial charge in [0.2, 0.25) is 10.0 Å². The van der Waals surface area contributed by atoms with Crippen molar-refractivity contribution < 1.29 is 27.1 Å². The van der Waals surface area contributed by atoms with Gasteiger partial charge in [-0.05, 0) is 50.1 Å². The van der Waals surface area contributed by atoms with Crippen LogP contribution in [0.2, 0.25) is 0 Å². The summed E-state index contributed by atoms with van der Waals surface area (Å²) in [5.41, 5.74) is -0.0141. The smallest absolute Gasteiger partial charge is 0.258 e. The molecule has 29 heavy (non-hydrogen) atoms. The second kappa shape index (κ2) is 9.34. The van der Waals surface area contributed by atoms with Crippen LogP contribution in [0.3, 0.4) is 0 Å². The Hall–Kier alpha value is -2.49. The Labute approximate surface area is 169 Å². The first kappa shape index (κ1) is 21.2. The van der Waals surface area contributed by atoms with Gasteiger partial charge in [0.15, 0.2) is 0 Å². The summed E-state index contributed by atoms with van der Waals surface area (Å²) in [6, 6.07) is 9.84. The molecule has 2 N–H and O–H groups in total. The van der Waals surface area contributed by atoms with E-state index in [-0.39, 0.29) is 23.1 Å². The summed E-state index contributed by atoms with van der Waals surface area (Å²) < 4.78 is 52.6. The van der Waals surface area contributed by atoms with Crippen molar-refractivity contribution in [2.45, 2.75) is 30.8 Å². The predicted octanol–water partition coefficient (Wildman–Crippen LogP) is 2.93. The van der Waals surface area contributed by atoms with Crippen LogP contribution in [-0.2, 0) is 14.8 Å². The van der Waals surface area contributed by atoms with Crippen molar-refractivity contribution in [3.05, 3.63) is 53.8 Å². The molecular weight excluding hydrogens is 399 g/mol. The lowest BCUT2D eigenvalue weighted by molar-refractivity contribution is 0.102. The van der Waals surface area contributed by atoms with Crippen LogP contribution in [0, 0.1) is 5.82 Å². The molecule has 9 heteroatoms. The molecule has 1 heterocycles. The maximum absolute atomic E-state index is 14.3. The monoisotopic (exact) mass is 422 g/mol. The molecule has 1 fully saturated rings. The first-order valence-electron chi connectivity index (χ1n) is 9.34. The molecule has 1 aliphatic rings. The van der Waals surface area contributed by atoms with Gasteiger partial charge in [-0.15, -0.1) is 0 Å². The van der Waals surface area contributed by atoms with E-state index in [1.807, 2.05) is 0 Å². The third kappa shape index (κ3) is 5.31. The third-order valence-corrected chi connectivity index (χ3v) is 5.87. The average Bonchev–Trinajstić information content (AvgIpc) is 3.22. The number of halogens is 1. The van der Waals surface area contributed by atoms with Gasteiger partial charge in [-0.3, -0.25) is 4.79 Å². The summed E-state index contributed by atoms with van der Waals surface area (Å²) >= 11 is 0. The molecule has 0 saturated carbocycles. The summed E-state index contributed by atoms with van der Waals surface area (Å²) in [7, 11) is -3.91. The van der Waals surface area contributed by atoms with Crippen LogP contribution in [-0.4, -0.2) is 40.2 Å². The van der Waals surface area contributed by atoms with Crippen LogP contribution >= 0.6 is 0 Å². The summed E-state index contributed by atoms with van der Waals surface area (Å²) in [4.78, 5) is 12.4. The van der Waals surface area contributed by atoms with Gasteiger partial charge < -0.3 is 14.8 Å². The average molecular weight is 422 g/mol. The maximum atomic E-state index is 14.3. The van der Waals surface area contributed by atoms with Crippen molar-refractivity contribution >= 4 is 21.6 Å². The number of para-hydroxylation sites is 2. The molecule has 0 aromatic heterocycles. The molecule has 1 saturated heterocycles. The quantitative estimate of drug-likeness (QED) is 0.682. The number of amides is 1. The normalized spacial score (nSPS) is 16.6. The summed E-state index contributed by atoms with van der Waals surface area (Å²) in [6.07, 6.45) is 1.48. The molecule has 0 radical (unpaired) electrons. The van der Waals surface area contributed by atoms with E-state index in [0.29, 0.717) is 24.7 Å². The highest BCUT2D eigenvalue weighted by Crippen LogP contribution is 2.25. The van der Waals surface area contributed by atoms with E-state index in [2.05, 4.69) is 10.0 Å². The van der Waals surface area contributed by atoms with Crippen LogP contribution in [0.1, 0.15) is 30.1 Å². The molecular formula is C20H23FN2O5S. The number of ether oxygens (including phenoxy) is 2. The van der Waals surface area contributed by atoms with E-state index in [1.54, 1.807) is 31.2 Å². The first-order chi connectivity index (χ1) is 13.9. The van der Waals surface area contributed by atoms with Gasteiger partial charge in [-0.25, -0.2) is 17.5 Å². The minimum absolute atomic E-state index is 0.128. The van der Waals surface area contributed by atoms with E-state index in [1.165, 1.54) is 0 Å². The van der Waals surface area contributed by atoms with Gasteiger partial charge in [0.05, 0.1) is 28.9 Å². The van der Waals surface area contributed by atoms with Gasteiger partial charge in [0.25, 0.3) is 5.91 Å². The van der Waals surface area contributed by atoms with E-state index >= 15 is 0 Å². The highest BCUT2D eigenvalue weighted by molar-refractivity contribution is 7.89. The molecule has 1 atom stereocenters. The molecule has 0 aliphatic carbocycles. The second-order valence-electron chi connectivity index (χ2n) is 6.51. The molecule has 1 amide bonds. The lowest BCUT2D eigenvalue weighted by Gasteiger charge is -2.13. The summed E-state index contributed by atoms with van der Waals surface area (Å²) in [5.74, 6) is -1.16. The lowest BCUT2D eigenvalue weighted by atomic mass is 10.2. The van der Waals surface area contributed by atoms with Crippen molar-refractivity contribution in [3.8, 4) is 5.75 Å². The summed E-state index contributed by atoms with van der Waals surface area (Å²) in [6.45, 7) is 2.93. The van der Waals surface area contributed by atoms with E-state index in [0.717, 1.165) is 31.0 Å². The summed E-state index contributed by atoms with van der Waals surface area (Å²) in [5, 5.41) is 2.57. The topological polar surface area (TPSA) is 93.7 Å². The number of hydrogen-bond acceptors (Lipinski definition) is 5. The SMILES string of the molecule is CCOc1ccccc1NC(=O)c1cc(S(=O)(=O)NCC2CCCO2)ccc1F. The Morgan fingerprint density at radius 2 is 2.07 bits per heavy atom. The molecule has 2 aromatic rings. The lowest BCUT2D eigenvalue weighted by Crippen LogP contribution is -2.32. The fraction of sp³-hybridized carbons (Fsp3) is 0.350. The maximum Gasteiger partial charge on any atom is 0.258 e. The van der Waals surface area contributed by atoms with Gasteiger partial charge in [0.1, 0.15) is 11.6 Å². The van der Waals surface area contributed by atoms with Crippen LogP contribution in [0.5, 0.6) is 5.75 Å². The number of sulfonamides is 1. The van der Waals surface area contributed by atoms with Crippen molar-refractivity contribution in [2.75, 3.05) is 25.1 Å². The van der Waals surface area contributed by atoms with Crippen LogP contribution in [0.4, 0.5) is 10.1 Å². The Morgan fingerprint density at radius 1 is 1.28 bits per heavy atom. The van der Waals surface area contributed by atoms with Gasteiger partial charge in [-0.2, -0.15) is 0 Å². The number of carbonyl (C=O) groups excluding carboxylic acids is 1. The van der Waals surface area contributed by atoms with Crippen molar-refractivity contribution in [1.29, 1.82) is 0 Å². The van der Waals surface area contributed by atoms with E-state index < -0.39 is 21.7 Å². The number of rotatable bonds is 8. The zero-order valence-electron chi connectivity index (χ0n) is 16.0.